The zero-order chi connectivity index (χ0) is 15.2. The molecule has 1 fully saturated rings. The molecule has 0 unspecified atom stereocenters. The summed E-state index contributed by atoms with van der Waals surface area (Å²) in [5.41, 5.74) is 7.26. The number of nitrogens with two attached hydrogens (primary N) is 1. The van der Waals surface area contributed by atoms with Crippen molar-refractivity contribution in [3.8, 4) is 0 Å². The summed E-state index contributed by atoms with van der Waals surface area (Å²) < 4.78 is 4.66. The summed E-state index contributed by atoms with van der Waals surface area (Å²) in [6.07, 6.45) is 2.25. The highest BCUT2D eigenvalue weighted by molar-refractivity contribution is 7.80. The van der Waals surface area contributed by atoms with Crippen LogP contribution < -0.4 is 10.6 Å². The third-order valence-electron chi connectivity index (χ3n) is 3.60. The molecule has 0 spiro atoms. The first kappa shape index (κ1) is 15.7. The third kappa shape index (κ3) is 4.37. The summed E-state index contributed by atoms with van der Waals surface area (Å²) in [5.74, 6) is -0.157. The maximum Gasteiger partial charge on any atom is 0.306 e. The summed E-state index contributed by atoms with van der Waals surface area (Å²) >= 11 is 4.89. The van der Waals surface area contributed by atoms with Gasteiger partial charge in [-0.05, 0) is 12.1 Å². The number of piperazine rings is 1. The molecule has 1 aliphatic heterocycles. The van der Waals surface area contributed by atoms with E-state index in [1.807, 2.05) is 12.1 Å². The molecular weight excluding hydrogens is 288 g/mol. The first-order valence-corrected chi connectivity index (χ1v) is 7.31. The second kappa shape index (κ2) is 7.33. The van der Waals surface area contributed by atoms with Crippen molar-refractivity contribution in [3.63, 3.8) is 0 Å². The van der Waals surface area contributed by atoms with Crippen LogP contribution in [0.1, 0.15) is 12.1 Å². The van der Waals surface area contributed by atoms with Crippen LogP contribution in [0.4, 0.5) is 5.69 Å². The van der Waals surface area contributed by atoms with E-state index in [9.17, 15) is 4.79 Å². The number of esters is 1. The van der Waals surface area contributed by atoms with Crippen molar-refractivity contribution < 1.29 is 9.53 Å². The average Bonchev–Trinajstić information content (AvgIpc) is 2.53. The molecule has 1 aliphatic rings. The lowest BCUT2D eigenvalue weighted by Crippen LogP contribution is -2.47. The molecule has 0 atom stereocenters. The van der Waals surface area contributed by atoms with Crippen LogP contribution >= 0.6 is 12.2 Å². The van der Waals surface area contributed by atoms with Crippen molar-refractivity contribution in [2.45, 2.75) is 6.42 Å². The van der Waals surface area contributed by atoms with E-state index in [1.54, 1.807) is 6.20 Å². The molecule has 0 aliphatic carbocycles. The summed E-state index contributed by atoms with van der Waals surface area (Å²) in [7, 11) is 1.42. The van der Waals surface area contributed by atoms with Crippen molar-refractivity contribution in [1.82, 2.24) is 9.88 Å². The molecule has 21 heavy (non-hydrogen) atoms. The molecule has 1 saturated heterocycles. The Morgan fingerprint density at radius 2 is 2.10 bits per heavy atom. The Labute approximate surface area is 129 Å². The van der Waals surface area contributed by atoms with Gasteiger partial charge in [-0.3, -0.25) is 14.7 Å². The molecule has 2 heterocycles. The lowest BCUT2D eigenvalue weighted by atomic mass is 10.2. The number of rotatable bonds is 5. The number of carbonyl (C=O) groups is 1. The summed E-state index contributed by atoms with van der Waals surface area (Å²) in [5, 5.41) is 0. The first-order chi connectivity index (χ1) is 10.1. The smallest absolute Gasteiger partial charge is 0.306 e. The van der Waals surface area contributed by atoms with Gasteiger partial charge in [0.05, 0.1) is 31.1 Å². The monoisotopic (exact) mass is 308 g/mol. The van der Waals surface area contributed by atoms with Gasteiger partial charge in [-0.15, -0.1) is 0 Å². The van der Waals surface area contributed by atoms with Gasteiger partial charge >= 0.3 is 5.97 Å². The Morgan fingerprint density at radius 3 is 2.62 bits per heavy atom. The SMILES string of the molecule is COC(=O)CCN1CCN(c2ccc(C(N)=S)nc2)CC1. The number of ether oxygens (including phenoxy) is 1. The van der Waals surface area contributed by atoms with Crippen molar-refractivity contribution in [1.29, 1.82) is 0 Å². The standard InChI is InChI=1S/C14H20N4O2S/c1-20-13(19)4-5-17-6-8-18(9-7-17)11-2-3-12(14(15)21)16-10-11/h2-3,10H,4-9H2,1H3,(H2,15,21). The van der Waals surface area contributed by atoms with E-state index in [0.717, 1.165) is 38.4 Å². The fourth-order valence-electron chi connectivity index (χ4n) is 2.30. The number of thiocarbonyl (C=S) groups is 1. The topological polar surface area (TPSA) is 71.7 Å². The number of hydrogen-bond donors (Lipinski definition) is 1. The normalized spacial score (nSPS) is 15.8. The van der Waals surface area contributed by atoms with E-state index in [0.29, 0.717) is 17.1 Å². The van der Waals surface area contributed by atoms with Gasteiger partial charge in [0.2, 0.25) is 0 Å². The zero-order valence-corrected chi connectivity index (χ0v) is 12.9. The Morgan fingerprint density at radius 1 is 1.38 bits per heavy atom. The second-order valence-electron chi connectivity index (χ2n) is 4.92. The number of aromatic nitrogens is 1. The molecule has 2 N–H and O–H groups in total. The summed E-state index contributed by atoms with van der Waals surface area (Å²) in [4.78, 5) is 20.3. The van der Waals surface area contributed by atoms with Gasteiger partial charge in [-0.2, -0.15) is 0 Å². The van der Waals surface area contributed by atoms with E-state index in [1.165, 1.54) is 7.11 Å². The molecule has 114 valence electrons. The van der Waals surface area contributed by atoms with Crippen molar-refractivity contribution in [3.05, 3.63) is 24.0 Å². The minimum atomic E-state index is -0.157. The van der Waals surface area contributed by atoms with Crippen LogP contribution in [0.5, 0.6) is 0 Å². The van der Waals surface area contributed by atoms with Crippen molar-refractivity contribution in [2.75, 3.05) is 44.7 Å². The highest BCUT2D eigenvalue weighted by atomic mass is 32.1. The summed E-state index contributed by atoms with van der Waals surface area (Å²) in [6.45, 7) is 4.42. The Hall–Kier alpha value is -1.73. The predicted octanol–water partition coefficient (Wildman–Crippen LogP) is 0.401. The molecule has 1 aromatic rings. The van der Waals surface area contributed by atoms with E-state index in [2.05, 4.69) is 19.5 Å². The highest BCUT2D eigenvalue weighted by Gasteiger charge is 2.18. The largest absolute Gasteiger partial charge is 0.469 e. The minimum absolute atomic E-state index is 0.157. The number of anilines is 1. The zero-order valence-electron chi connectivity index (χ0n) is 12.1. The second-order valence-corrected chi connectivity index (χ2v) is 5.36. The number of nitrogens with zero attached hydrogens (tertiary/aromatic N) is 3. The van der Waals surface area contributed by atoms with Gasteiger partial charge < -0.3 is 15.4 Å². The lowest BCUT2D eigenvalue weighted by molar-refractivity contribution is -0.141. The van der Waals surface area contributed by atoms with Gasteiger partial charge in [0.25, 0.3) is 0 Å². The highest BCUT2D eigenvalue weighted by Crippen LogP contribution is 2.15. The number of pyridine rings is 1. The molecule has 0 aromatic carbocycles. The molecule has 2 rings (SSSR count). The number of hydrogen-bond acceptors (Lipinski definition) is 6. The van der Waals surface area contributed by atoms with Crippen molar-refractivity contribution in [2.24, 2.45) is 5.73 Å². The third-order valence-corrected chi connectivity index (χ3v) is 3.81. The first-order valence-electron chi connectivity index (χ1n) is 6.90. The van der Waals surface area contributed by atoms with Gasteiger partial charge in [0, 0.05) is 32.7 Å². The van der Waals surface area contributed by atoms with Gasteiger partial charge in [-0.1, -0.05) is 12.2 Å². The van der Waals surface area contributed by atoms with Crippen LogP contribution in [-0.4, -0.2) is 60.7 Å². The van der Waals surface area contributed by atoms with E-state index in [-0.39, 0.29) is 5.97 Å². The van der Waals surface area contributed by atoms with Gasteiger partial charge in [0.1, 0.15) is 4.99 Å². The van der Waals surface area contributed by atoms with Crippen molar-refractivity contribution >= 4 is 28.9 Å². The Kier molecular flexibility index (Phi) is 5.46. The van der Waals surface area contributed by atoms with Crippen LogP contribution in [0.25, 0.3) is 0 Å². The molecule has 6 nitrogen and oxygen atoms in total. The molecule has 0 saturated carbocycles. The van der Waals surface area contributed by atoms with E-state index >= 15 is 0 Å². The molecule has 0 bridgehead atoms. The van der Waals surface area contributed by atoms with Crippen LogP contribution in [0.2, 0.25) is 0 Å². The average molecular weight is 308 g/mol. The Bertz CT molecular complexity index is 498. The van der Waals surface area contributed by atoms with Crippen LogP contribution in [-0.2, 0) is 9.53 Å². The fourth-order valence-corrected chi connectivity index (χ4v) is 2.42. The molecule has 0 amide bonds. The van der Waals surface area contributed by atoms with E-state index in [4.69, 9.17) is 18.0 Å². The minimum Gasteiger partial charge on any atom is -0.469 e. The van der Waals surface area contributed by atoms with Crippen LogP contribution in [0.15, 0.2) is 18.3 Å². The van der Waals surface area contributed by atoms with Gasteiger partial charge in [-0.25, -0.2) is 0 Å². The Balaban J connectivity index is 1.83. The van der Waals surface area contributed by atoms with Crippen LogP contribution in [0, 0.1) is 0 Å². The molecule has 0 radical (unpaired) electrons. The lowest BCUT2D eigenvalue weighted by Gasteiger charge is -2.35. The molecule has 7 heteroatoms. The van der Waals surface area contributed by atoms with Gasteiger partial charge in [0.15, 0.2) is 0 Å². The maximum absolute atomic E-state index is 11.1. The fraction of sp³-hybridized carbons (Fsp3) is 0.500. The molecule has 1 aromatic heterocycles. The summed E-state index contributed by atoms with van der Waals surface area (Å²) in [6, 6.07) is 3.84. The maximum atomic E-state index is 11.1. The van der Waals surface area contributed by atoms with Crippen LogP contribution in [0.3, 0.4) is 0 Å². The van der Waals surface area contributed by atoms with E-state index < -0.39 is 0 Å². The number of carbonyl (C=O) groups excluding carboxylic acids is 1. The molecular formula is C14H20N4O2S. The quantitative estimate of drug-likeness (QED) is 0.623. The predicted molar refractivity (Wildman–Crippen MR) is 85.4 cm³/mol. The number of methoxy groups -OCH3 is 1.